The van der Waals surface area contributed by atoms with Crippen LogP contribution in [0.2, 0.25) is 0 Å². The van der Waals surface area contributed by atoms with Crippen LogP contribution >= 0.6 is 0 Å². The molecule has 2 unspecified atom stereocenters. The number of carboxylic acids is 1. The van der Waals surface area contributed by atoms with Gasteiger partial charge in [-0.05, 0) is 20.3 Å². The standard InChI is InChI=1S/C11H16N2O3/c1-6-9(7(2)13(3)12-6)10-8(11(14)15)4-5-16-10/h8,10H,4-5H2,1-3H3,(H,14,15). The number of rotatable bonds is 2. The maximum atomic E-state index is 11.1. The number of aliphatic carboxylic acids is 1. The summed E-state index contributed by atoms with van der Waals surface area (Å²) in [4.78, 5) is 11.1. The summed E-state index contributed by atoms with van der Waals surface area (Å²) < 4.78 is 7.32. The van der Waals surface area contributed by atoms with E-state index in [2.05, 4.69) is 5.10 Å². The first-order valence-corrected chi connectivity index (χ1v) is 5.37. The smallest absolute Gasteiger partial charge is 0.309 e. The number of ether oxygens (including phenoxy) is 1. The molecule has 1 aromatic heterocycles. The Kier molecular flexibility index (Phi) is 2.71. The molecule has 0 aliphatic carbocycles. The molecule has 5 nitrogen and oxygen atoms in total. The summed E-state index contributed by atoms with van der Waals surface area (Å²) in [5.41, 5.74) is 2.78. The Morgan fingerprint density at radius 2 is 2.25 bits per heavy atom. The van der Waals surface area contributed by atoms with Gasteiger partial charge in [0.2, 0.25) is 0 Å². The van der Waals surface area contributed by atoms with Gasteiger partial charge in [0.25, 0.3) is 0 Å². The lowest BCUT2D eigenvalue weighted by atomic mass is 9.94. The fourth-order valence-corrected chi connectivity index (χ4v) is 2.33. The van der Waals surface area contributed by atoms with Crippen molar-refractivity contribution in [1.82, 2.24) is 9.78 Å². The van der Waals surface area contributed by atoms with Gasteiger partial charge in [-0.15, -0.1) is 0 Å². The zero-order valence-corrected chi connectivity index (χ0v) is 9.73. The Morgan fingerprint density at radius 3 is 2.75 bits per heavy atom. The van der Waals surface area contributed by atoms with E-state index in [9.17, 15) is 4.79 Å². The molecule has 16 heavy (non-hydrogen) atoms. The number of carbonyl (C=O) groups is 1. The zero-order chi connectivity index (χ0) is 11.9. The number of aromatic nitrogens is 2. The summed E-state index contributed by atoms with van der Waals surface area (Å²) in [5.74, 6) is -1.23. The van der Waals surface area contributed by atoms with Gasteiger partial charge in [-0.2, -0.15) is 5.10 Å². The SMILES string of the molecule is Cc1nn(C)c(C)c1C1OCCC1C(=O)O. The summed E-state index contributed by atoms with van der Waals surface area (Å²) in [6.07, 6.45) is 0.236. The van der Waals surface area contributed by atoms with Crippen LogP contribution in [0.1, 0.15) is 29.5 Å². The van der Waals surface area contributed by atoms with Crippen LogP contribution in [-0.2, 0) is 16.6 Å². The minimum absolute atomic E-state index is 0.341. The molecule has 0 spiro atoms. The van der Waals surface area contributed by atoms with Crippen LogP contribution in [0.25, 0.3) is 0 Å². The molecule has 2 rings (SSSR count). The van der Waals surface area contributed by atoms with Crippen LogP contribution in [-0.4, -0.2) is 27.5 Å². The summed E-state index contributed by atoms with van der Waals surface area (Å²) in [6.45, 7) is 4.34. The zero-order valence-electron chi connectivity index (χ0n) is 9.73. The van der Waals surface area contributed by atoms with Gasteiger partial charge >= 0.3 is 5.97 Å². The Labute approximate surface area is 94.0 Å². The molecule has 2 heterocycles. The number of nitrogens with zero attached hydrogens (tertiary/aromatic N) is 2. The van der Waals surface area contributed by atoms with Gasteiger partial charge in [0, 0.05) is 24.9 Å². The van der Waals surface area contributed by atoms with E-state index in [1.54, 1.807) is 4.68 Å². The molecule has 5 heteroatoms. The van der Waals surface area contributed by atoms with Crippen molar-refractivity contribution >= 4 is 5.97 Å². The van der Waals surface area contributed by atoms with Crippen molar-refractivity contribution in [1.29, 1.82) is 0 Å². The Balaban J connectivity index is 2.40. The fourth-order valence-electron chi connectivity index (χ4n) is 2.33. The van der Waals surface area contributed by atoms with Crippen LogP contribution in [0.4, 0.5) is 0 Å². The van der Waals surface area contributed by atoms with E-state index < -0.39 is 11.9 Å². The highest BCUT2D eigenvalue weighted by atomic mass is 16.5. The van der Waals surface area contributed by atoms with E-state index in [0.717, 1.165) is 17.0 Å². The van der Waals surface area contributed by atoms with Crippen LogP contribution < -0.4 is 0 Å². The van der Waals surface area contributed by atoms with Crippen molar-refractivity contribution in [3.8, 4) is 0 Å². The van der Waals surface area contributed by atoms with E-state index in [-0.39, 0.29) is 6.10 Å². The second-order valence-corrected chi connectivity index (χ2v) is 4.23. The molecule has 0 radical (unpaired) electrons. The Morgan fingerprint density at radius 1 is 1.56 bits per heavy atom. The van der Waals surface area contributed by atoms with E-state index in [1.807, 2.05) is 20.9 Å². The van der Waals surface area contributed by atoms with E-state index in [0.29, 0.717) is 13.0 Å². The largest absolute Gasteiger partial charge is 0.481 e. The molecule has 0 saturated carbocycles. The van der Waals surface area contributed by atoms with Crippen LogP contribution in [0, 0.1) is 19.8 Å². The van der Waals surface area contributed by atoms with Gasteiger partial charge in [-0.25, -0.2) is 0 Å². The van der Waals surface area contributed by atoms with Gasteiger partial charge in [0.1, 0.15) is 0 Å². The monoisotopic (exact) mass is 224 g/mol. The predicted molar refractivity (Wildman–Crippen MR) is 57.1 cm³/mol. The summed E-state index contributed by atoms with van der Waals surface area (Å²) in [6, 6.07) is 0. The molecular weight excluding hydrogens is 208 g/mol. The normalized spacial score (nSPS) is 24.9. The molecule has 1 aliphatic heterocycles. The minimum atomic E-state index is -0.787. The molecule has 0 bridgehead atoms. The number of aryl methyl sites for hydroxylation is 2. The third-order valence-electron chi connectivity index (χ3n) is 3.26. The van der Waals surface area contributed by atoms with Crippen LogP contribution in [0.5, 0.6) is 0 Å². The molecule has 88 valence electrons. The fraction of sp³-hybridized carbons (Fsp3) is 0.636. The van der Waals surface area contributed by atoms with Gasteiger partial charge in [-0.3, -0.25) is 9.48 Å². The average Bonchev–Trinajstić information content (AvgIpc) is 2.73. The lowest BCUT2D eigenvalue weighted by Gasteiger charge is -2.15. The van der Waals surface area contributed by atoms with Crippen molar-refractivity contribution < 1.29 is 14.6 Å². The lowest BCUT2D eigenvalue weighted by molar-refractivity contribution is -0.143. The first-order valence-electron chi connectivity index (χ1n) is 5.37. The highest BCUT2D eigenvalue weighted by Gasteiger charge is 2.37. The van der Waals surface area contributed by atoms with E-state index in [1.165, 1.54) is 0 Å². The van der Waals surface area contributed by atoms with Crippen molar-refractivity contribution in [3.63, 3.8) is 0 Å². The maximum Gasteiger partial charge on any atom is 0.309 e. The summed E-state index contributed by atoms with van der Waals surface area (Å²) >= 11 is 0. The van der Waals surface area contributed by atoms with Gasteiger partial charge in [0.15, 0.2) is 0 Å². The molecular formula is C11H16N2O3. The Bertz CT molecular complexity index is 425. The molecule has 1 aliphatic rings. The van der Waals surface area contributed by atoms with Crippen LogP contribution in [0.3, 0.4) is 0 Å². The molecule has 1 aromatic rings. The molecule has 1 fully saturated rings. The molecule has 1 saturated heterocycles. The van der Waals surface area contributed by atoms with Crippen molar-refractivity contribution in [2.24, 2.45) is 13.0 Å². The van der Waals surface area contributed by atoms with Gasteiger partial charge in [-0.1, -0.05) is 0 Å². The predicted octanol–water partition coefficient (Wildman–Crippen LogP) is 1.20. The van der Waals surface area contributed by atoms with Gasteiger partial charge in [0.05, 0.1) is 17.7 Å². The second kappa shape index (κ2) is 3.90. The summed E-state index contributed by atoms with van der Waals surface area (Å²) in [7, 11) is 1.86. The first kappa shape index (κ1) is 11.1. The Hall–Kier alpha value is -1.36. The molecule has 0 amide bonds. The maximum absolute atomic E-state index is 11.1. The average molecular weight is 224 g/mol. The van der Waals surface area contributed by atoms with Crippen molar-refractivity contribution in [2.75, 3.05) is 6.61 Å². The molecule has 1 N–H and O–H groups in total. The first-order chi connectivity index (χ1) is 7.52. The topological polar surface area (TPSA) is 64.4 Å². The van der Waals surface area contributed by atoms with E-state index in [4.69, 9.17) is 9.84 Å². The van der Waals surface area contributed by atoms with Gasteiger partial charge < -0.3 is 9.84 Å². The second-order valence-electron chi connectivity index (χ2n) is 4.23. The number of hydrogen-bond acceptors (Lipinski definition) is 3. The third-order valence-corrected chi connectivity index (χ3v) is 3.26. The molecule has 0 aromatic carbocycles. The number of carboxylic acid groups (broad SMARTS) is 1. The number of hydrogen-bond donors (Lipinski definition) is 1. The quantitative estimate of drug-likeness (QED) is 0.819. The third kappa shape index (κ3) is 1.61. The van der Waals surface area contributed by atoms with Crippen LogP contribution in [0.15, 0.2) is 0 Å². The lowest BCUT2D eigenvalue weighted by Crippen LogP contribution is -2.18. The van der Waals surface area contributed by atoms with Crippen molar-refractivity contribution in [3.05, 3.63) is 17.0 Å². The van der Waals surface area contributed by atoms with E-state index >= 15 is 0 Å². The highest BCUT2D eigenvalue weighted by molar-refractivity contribution is 5.71. The van der Waals surface area contributed by atoms with Crippen molar-refractivity contribution in [2.45, 2.75) is 26.4 Å². The minimum Gasteiger partial charge on any atom is -0.481 e. The molecule has 2 atom stereocenters. The highest BCUT2D eigenvalue weighted by Crippen LogP contribution is 2.37. The summed E-state index contributed by atoms with van der Waals surface area (Å²) in [5, 5.41) is 13.4.